The zero-order valence-corrected chi connectivity index (χ0v) is 11.8. The fourth-order valence-electron chi connectivity index (χ4n) is 1.96. The van der Waals surface area contributed by atoms with Crippen molar-refractivity contribution in [2.24, 2.45) is 0 Å². The van der Waals surface area contributed by atoms with Crippen molar-refractivity contribution in [1.29, 1.82) is 0 Å². The van der Waals surface area contributed by atoms with Crippen LogP contribution in [0.2, 0.25) is 0 Å². The minimum Gasteiger partial charge on any atom is -0.333 e. The summed E-state index contributed by atoms with van der Waals surface area (Å²) in [6.07, 6.45) is 7.55. The van der Waals surface area contributed by atoms with Crippen LogP contribution in [-0.2, 0) is 6.54 Å². The maximum Gasteiger partial charge on any atom is 0.274 e. The van der Waals surface area contributed by atoms with E-state index >= 15 is 0 Å². The fourth-order valence-corrected chi connectivity index (χ4v) is 1.96. The largest absolute Gasteiger partial charge is 0.333 e. The Balaban J connectivity index is 2.18. The lowest BCUT2D eigenvalue weighted by atomic mass is 10.2. The number of hydrogen-bond donors (Lipinski definition) is 0. The fraction of sp³-hybridized carbons (Fsp3) is 0.333. The first-order chi connectivity index (χ1) is 9.70. The standard InChI is InChI=1S/C15H18N4O/c1-3-7-19(11-13-5-4-6-16-9-13)15(20)14-10-17-8-12(2)18-14/h4-6,8-10H,3,7,11H2,1-2H3. The summed E-state index contributed by atoms with van der Waals surface area (Å²) in [7, 11) is 0. The molecule has 0 radical (unpaired) electrons. The molecule has 5 heteroatoms. The molecule has 0 N–H and O–H groups in total. The molecule has 104 valence electrons. The van der Waals surface area contributed by atoms with Gasteiger partial charge < -0.3 is 4.90 Å². The molecular formula is C15H18N4O. The average molecular weight is 270 g/mol. The van der Waals surface area contributed by atoms with Crippen molar-refractivity contribution in [2.75, 3.05) is 6.54 Å². The third-order valence-corrected chi connectivity index (χ3v) is 2.85. The number of carbonyl (C=O) groups excluding carboxylic acids is 1. The molecule has 0 aliphatic heterocycles. The SMILES string of the molecule is CCCN(Cc1cccnc1)C(=O)c1cncc(C)n1. The molecule has 0 aliphatic rings. The predicted molar refractivity (Wildman–Crippen MR) is 76.0 cm³/mol. The van der Waals surface area contributed by atoms with Gasteiger partial charge >= 0.3 is 0 Å². The van der Waals surface area contributed by atoms with Crippen LogP contribution in [0.5, 0.6) is 0 Å². The zero-order chi connectivity index (χ0) is 14.4. The van der Waals surface area contributed by atoms with Crippen molar-refractivity contribution >= 4 is 5.91 Å². The van der Waals surface area contributed by atoms with Crippen LogP contribution in [0.1, 0.15) is 35.1 Å². The number of rotatable bonds is 5. The van der Waals surface area contributed by atoms with Gasteiger partial charge in [-0.05, 0) is 25.0 Å². The van der Waals surface area contributed by atoms with Crippen molar-refractivity contribution in [3.8, 4) is 0 Å². The Kier molecular flexibility index (Phi) is 4.76. The first-order valence-corrected chi connectivity index (χ1v) is 6.67. The van der Waals surface area contributed by atoms with E-state index in [0.29, 0.717) is 18.8 Å². The van der Waals surface area contributed by atoms with Crippen LogP contribution >= 0.6 is 0 Å². The van der Waals surface area contributed by atoms with Crippen LogP contribution in [0, 0.1) is 6.92 Å². The molecule has 0 saturated carbocycles. The quantitative estimate of drug-likeness (QED) is 0.836. The Morgan fingerprint density at radius 2 is 2.10 bits per heavy atom. The van der Waals surface area contributed by atoms with Gasteiger partial charge in [0, 0.05) is 31.7 Å². The van der Waals surface area contributed by atoms with Gasteiger partial charge in [-0.3, -0.25) is 14.8 Å². The summed E-state index contributed by atoms with van der Waals surface area (Å²) in [6.45, 7) is 5.10. The van der Waals surface area contributed by atoms with Gasteiger partial charge in [-0.2, -0.15) is 0 Å². The summed E-state index contributed by atoms with van der Waals surface area (Å²) < 4.78 is 0. The summed E-state index contributed by atoms with van der Waals surface area (Å²) in [6, 6.07) is 3.83. The van der Waals surface area contributed by atoms with Crippen molar-refractivity contribution in [3.05, 3.63) is 53.9 Å². The molecule has 0 saturated heterocycles. The van der Waals surface area contributed by atoms with E-state index in [1.54, 1.807) is 23.5 Å². The van der Waals surface area contributed by atoms with Gasteiger partial charge in [-0.15, -0.1) is 0 Å². The molecule has 0 fully saturated rings. The van der Waals surface area contributed by atoms with Crippen LogP contribution in [-0.4, -0.2) is 32.3 Å². The maximum atomic E-state index is 12.5. The van der Waals surface area contributed by atoms with Gasteiger partial charge in [0.15, 0.2) is 0 Å². The van der Waals surface area contributed by atoms with Gasteiger partial charge in [0.05, 0.1) is 11.9 Å². The number of aryl methyl sites for hydroxylation is 1. The van der Waals surface area contributed by atoms with E-state index < -0.39 is 0 Å². The summed E-state index contributed by atoms with van der Waals surface area (Å²) in [5.74, 6) is -0.0908. The average Bonchev–Trinajstić information content (AvgIpc) is 2.47. The molecule has 0 aliphatic carbocycles. The maximum absolute atomic E-state index is 12.5. The molecule has 0 atom stereocenters. The number of carbonyl (C=O) groups is 1. The van der Waals surface area contributed by atoms with Crippen LogP contribution < -0.4 is 0 Å². The van der Waals surface area contributed by atoms with Gasteiger partial charge in [-0.25, -0.2) is 4.98 Å². The number of pyridine rings is 1. The van der Waals surface area contributed by atoms with Gasteiger partial charge in [0.25, 0.3) is 5.91 Å². The highest BCUT2D eigenvalue weighted by atomic mass is 16.2. The van der Waals surface area contributed by atoms with E-state index in [1.807, 2.05) is 26.0 Å². The third kappa shape index (κ3) is 3.60. The van der Waals surface area contributed by atoms with Crippen molar-refractivity contribution in [2.45, 2.75) is 26.8 Å². The van der Waals surface area contributed by atoms with Crippen LogP contribution in [0.4, 0.5) is 0 Å². The lowest BCUT2D eigenvalue weighted by molar-refractivity contribution is 0.0736. The van der Waals surface area contributed by atoms with Crippen LogP contribution in [0.25, 0.3) is 0 Å². The van der Waals surface area contributed by atoms with Crippen molar-refractivity contribution < 1.29 is 4.79 Å². The van der Waals surface area contributed by atoms with E-state index in [0.717, 1.165) is 17.7 Å². The van der Waals surface area contributed by atoms with E-state index in [4.69, 9.17) is 0 Å². The lowest BCUT2D eigenvalue weighted by Crippen LogP contribution is -2.32. The highest BCUT2D eigenvalue weighted by molar-refractivity contribution is 5.92. The summed E-state index contributed by atoms with van der Waals surface area (Å²) in [5.41, 5.74) is 2.14. The second kappa shape index (κ2) is 6.75. The minimum atomic E-state index is -0.0908. The highest BCUT2D eigenvalue weighted by Crippen LogP contribution is 2.08. The molecule has 5 nitrogen and oxygen atoms in total. The molecule has 20 heavy (non-hydrogen) atoms. The Labute approximate surface area is 118 Å². The number of aromatic nitrogens is 3. The molecule has 2 aromatic rings. The lowest BCUT2D eigenvalue weighted by Gasteiger charge is -2.21. The first kappa shape index (κ1) is 14.1. The van der Waals surface area contributed by atoms with E-state index in [2.05, 4.69) is 15.0 Å². The predicted octanol–water partition coefficient (Wildman–Crippen LogP) is 2.23. The Hall–Kier alpha value is -2.30. The van der Waals surface area contributed by atoms with Crippen molar-refractivity contribution in [3.63, 3.8) is 0 Å². The summed E-state index contributed by atoms with van der Waals surface area (Å²) in [4.78, 5) is 26.6. The summed E-state index contributed by atoms with van der Waals surface area (Å²) >= 11 is 0. The van der Waals surface area contributed by atoms with E-state index in [-0.39, 0.29) is 5.91 Å². The Morgan fingerprint density at radius 3 is 2.75 bits per heavy atom. The number of hydrogen-bond acceptors (Lipinski definition) is 4. The van der Waals surface area contributed by atoms with Gasteiger partial charge in [-0.1, -0.05) is 13.0 Å². The minimum absolute atomic E-state index is 0.0908. The monoisotopic (exact) mass is 270 g/mol. The molecule has 2 aromatic heterocycles. The molecule has 2 rings (SSSR count). The molecule has 0 bridgehead atoms. The van der Waals surface area contributed by atoms with E-state index in [9.17, 15) is 4.79 Å². The van der Waals surface area contributed by atoms with Crippen LogP contribution in [0.15, 0.2) is 36.9 Å². The third-order valence-electron chi connectivity index (χ3n) is 2.85. The smallest absolute Gasteiger partial charge is 0.274 e. The molecule has 1 amide bonds. The number of nitrogens with zero attached hydrogens (tertiary/aromatic N) is 4. The Morgan fingerprint density at radius 1 is 1.25 bits per heavy atom. The van der Waals surface area contributed by atoms with E-state index in [1.165, 1.54) is 6.20 Å². The second-order valence-corrected chi connectivity index (χ2v) is 4.63. The molecule has 0 aromatic carbocycles. The zero-order valence-electron chi connectivity index (χ0n) is 11.8. The van der Waals surface area contributed by atoms with Gasteiger partial charge in [0.2, 0.25) is 0 Å². The highest BCUT2D eigenvalue weighted by Gasteiger charge is 2.17. The molecule has 2 heterocycles. The normalized spacial score (nSPS) is 10.3. The Bertz CT molecular complexity index is 571. The summed E-state index contributed by atoms with van der Waals surface area (Å²) in [5, 5.41) is 0. The van der Waals surface area contributed by atoms with Crippen LogP contribution in [0.3, 0.4) is 0 Å². The molecule has 0 unspecified atom stereocenters. The first-order valence-electron chi connectivity index (χ1n) is 6.67. The van der Waals surface area contributed by atoms with Crippen molar-refractivity contribution in [1.82, 2.24) is 19.9 Å². The topological polar surface area (TPSA) is 59.0 Å². The second-order valence-electron chi connectivity index (χ2n) is 4.63. The molecular weight excluding hydrogens is 252 g/mol. The number of amides is 1. The molecule has 0 spiro atoms. The van der Waals surface area contributed by atoms with Gasteiger partial charge in [0.1, 0.15) is 5.69 Å².